The van der Waals surface area contributed by atoms with Crippen LogP contribution in [0.25, 0.3) is 11.1 Å². The summed E-state index contributed by atoms with van der Waals surface area (Å²) in [6.07, 6.45) is 1.32. The third-order valence-corrected chi connectivity index (χ3v) is 8.05. The number of amides is 2. The van der Waals surface area contributed by atoms with Gasteiger partial charge < -0.3 is 20.5 Å². The van der Waals surface area contributed by atoms with Crippen molar-refractivity contribution in [2.45, 2.75) is 63.6 Å². The van der Waals surface area contributed by atoms with Crippen LogP contribution in [-0.2, 0) is 10.2 Å². The van der Waals surface area contributed by atoms with Crippen molar-refractivity contribution >= 4 is 11.8 Å². The number of carbonyl (C=O) groups is 2. The molecule has 2 heterocycles. The van der Waals surface area contributed by atoms with E-state index in [-0.39, 0.29) is 23.1 Å². The Labute approximate surface area is 249 Å². The van der Waals surface area contributed by atoms with Crippen molar-refractivity contribution in [2.75, 3.05) is 26.2 Å². The molecular formula is C33H39F3N4O3. The molecule has 2 amide bonds. The van der Waals surface area contributed by atoms with E-state index >= 15 is 0 Å². The predicted octanol–water partition coefficient (Wildman–Crippen LogP) is 5.41. The number of likely N-dealkylation sites (tertiary alicyclic amines) is 1. The van der Waals surface area contributed by atoms with E-state index < -0.39 is 24.0 Å². The minimum Gasteiger partial charge on any atom is -0.349 e. The van der Waals surface area contributed by atoms with Crippen LogP contribution in [0.1, 0.15) is 67.4 Å². The summed E-state index contributed by atoms with van der Waals surface area (Å²) >= 11 is 0. The highest BCUT2D eigenvalue weighted by Crippen LogP contribution is 2.51. The molecule has 0 spiro atoms. The number of pyridine rings is 1. The van der Waals surface area contributed by atoms with Crippen molar-refractivity contribution in [3.8, 4) is 11.1 Å². The molecule has 5 rings (SSSR count). The molecule has 43 heavy (non-hydrogen) atoms. The van der Waals surface area contributed by atoms with Gasteiger partial charge in [0.05, 0.1) is 0 Å². The number of hydrogen-bond acceptors (Lipinski definition) is 4. The molecule has 0 unspecified atom stereocenters. The zero-order chi connectivity index (χ0) is 31.0. The predicted molar refractivity (Wildman–Crippen MR) is 161 cm³/mol. The molecule has 2 aliphatic rings. The number of aromatic amines is 1. The first-order valence-electron chi connectivity index (χ1n) is 14.9. The number of hydrogen-bond donors (Lipinski definition) is 3. The van der Waals surface area contributed by atoms with Crippen molar-refractivity contribution < 1.29 is 22.8 Å². The number of halogens is 3. The summed E-state index contributed by atoms with van der Waals surface area (Å²) < 4.78 is 37.8. The molecule has 1 aliphatic carbocycles. The number of benzene rings is 2. The van der Waals surface area contributed by atoms with Crippen LogP contribution in [-0.4, -0.2) is 60.1 Å². The Morgan fingerprint density at radius 2 is 1.53 bits per heavy atom. The molecule has 0 bridgehead atoms. The van der Waals surface area contributed by atoms with Gasteiger partial charge in [-0.3, -0.25) is 14.4 Å². The van der Waals surface area contributed by atoms with Crippen LogP contribution in [0.3, 0.4) is 0 Å². The molecule has 7 nitrogen and oxygen atoms in total. The highest BCUT2D eigenvalue weighted by Gasteiger charge is 2.48. The van der Waals surface area contributed by atoms with E-state index in [9.17, 15) is 27.6 Å². The van der Waals surface area contributed by atoms with Gasteiger partial charge in [-0.1, -0.05) is 68.8 Å². The summed E-state index contributed by atoms with van der Waals surface area (Å²) in [5.74, 6) is -0.852. The lowest BCUT2D eigenvalue weighted by Crippen LogP contribution is -2.47. The van der Waals surface area contributed by atoms with Gasteiger partial charge in [-0.2, -0.15) is 13.2 Å². The average molecular weight is 597 g/mol. The van der Waals surface area contributed by atoms with Crippen LogP contribution in [0.5, 0.6) is 0 Å². The first kappa shape index (κ1) is 32.0. The third kappa shape index (κ3) is 7.36. The molecule has 1 saturated heterocycles. The van der Waals surface area contributed by atoms with Gasteiger partial charge in [-0.05, 0) is 66.6 Å². The molecule has 3 N–H and O–H groups in total. The van der Waals surface area contributed by atoms with Gasteiger partial charge in [0.15, 0.2) is 0 Å². The first-order valence-corrected chi connectivity index (χ1v) is 14.9. The number of piperidine rings is 1. The van der Waals surface area contributed by atoms with E-state index in [2.05, 4.69) is 27.4 Å². The van der Waals surface area contributed by atoms with E-state index in [1.165, 1.54) is 6.20 Å². The maximum Gasteiger partial charge on any atom is 0.405 e. The summed E-state index contributed by atoms with van der Waals surface area (Å²) in [4.78, 5) is 41.4. The third-order valence-electron chi connectivity index (χ3n) is 8.05. The fourth-order valence-electron chi connectivity index (χ4n) is 6.14. The van der Waals surface area contributed by atoms with Crippen molar-refractivity contribution in [3.63, 3.8) is 0 Å². The smallest absolute Gasteiger partial charge is 0.349 e. The van der Waals surface area contributed by atoms with Gasteiger partial charge >= 0.3 is 6.18 Å². The minimum atomic E-state index is -4.43. The van der Waals surface area contributed by atoms with Crippen molar-refractivity contribution in [1.29, 1.82) is 0 Å². The standard InChI is InChI=1S/C19H18F3NO.C14H21N3O2/c1-2-11-18(17(24)23-12-19(20,21)22)15-9-5-3-7-13(15)14-8-4-6-10-16(14)18;1-2-8-17-9-5-11(6-10-17)16-14(19)12-4-3-7-15-13(12)18/h3-10H,2,11-12H2,1H3,(H,23,24);3-4,7,11H,2,5-6,8-10H2,1H3,(H,15,18)(H,16,19). The minimum absolute atomic E-state index is 0.181. The summed E-state index contributed by atoms with van der Waals surface area (Å²) in [5, 5.41) is 5.06. The zero-order valence-corrected chi connectivity index (χ0v) is 24.6. The van der Waals surface area contributed by atoms with E-state index in [0.717, 1.165) is 61.2 Å². The Balaban J connectivity index is 0.000000203. The van der Waals surface area contributed by atoms with Crippen LogP contribution in [0.15, 0.2) is 71.7 Å². The summed E-state index contributed by atoms with van der Waals surface area (Å²) in [5.41, 5.74) is 2.21. The topological polar surface area (TPSA) is 94.3 Å². The summed E-state index contributed by atoms with van der Waals surface area (Å²) in [7, 11) is 0. The maximum atomic E-state index is 12.9. The fraction of sp³-hybridized carbons (Fsp3) is 0.424. The van der Waals surface area contributed by atoms with Gasteiger partial charge in [0.1, 0.15) is 17.5 Å². The quantitative estimate of drug-likeness (QED) is 0.324. The highest BCUT2D eigenvalue weighted by atomic mass is 19.4. The molecular weight excluding hydrogens is 557 g/mol. The van der Waals surface area contributed by atoms with Gasteiger partial charge in [-0.25, -0.2) is 0 Å². The number of alkyl halides is 3. The Kier molecular flexibility index (Phi) is 10.4. The molecule has 1 aromatic heterocycles. The second kappa shape index (κ2) is 14.0. The molecule has 2 aromatic carbocycles. The van der Waals surface area contributed by atoms with Crippen molar-refractivity contribution in [3.05, 3.63) is 93.9 Å². The van der Waals surface area contributed by atoms with Gasteiger partial charge in [-0.15, -0.1) is 0 Å². The molecule has 10 heteroatoms. The Morgan fingerprint density at radius 1 is 0.930 bits per heavy atom. The average Bonchev–Trinajstić information content (AvgIpc) is 3.28. The van der Waals surface area contributed by atoms with Crippen molar-refractivity contribution in [2.24, 2.45) is 0 Å². The van der Waals surface area contributed by atoms with E-state index in [1.54, 1.807) is 12.1 Å². The van der Waals surface area contributed by atoms with Crippen LogP contribution >= 0.6 is 0 Å². The second-order valence-electron chi connectivity index (χ2n) is 11.0. The second-order valence-corrected chi connectivity index (χ2v) is 11.0. The normalized spacial score (nSPS) is 15.9. The van der Waals surface area contributed by atoms with Crippen LogP contribution < -0.4 is 16.2 Å². The van der Waals surface area contributed by atoms with E-state index in [1.807, 2.05) is 55.5 Å². The van der Waals surface area contributed by atoms with Crippen molar-refractivity contribution in [1.82, 2.24) is 20.5 Å². The summed E-state index contributed by atoms with van der Waals surface area (Å²) in [6, 6.07) is 18.3. The highest BCUT2D eigenvalue weighted by molar-refractivity contribution is 6.00. The lowest BCUT2D eigenvalue weighted by molar-refractivity contribution is -0.141. The van der Waals surface area contributed by atoms with Gasteiger partial charge in [0.25, 0.3) is 11.5 Å². The number of H-pyrrole nitrogens is 1. The molecule has 0 atom stereocenters. The lowest BCUT2D eigenvalue weighted by Gasteiger charge is -2.32. The molecule has 0 saturated carbocycles. The molecule has 1 aliphatic heterocycles. The maximum absolute atomic E-state index is 12.9. The fourth-order valence-corrected chi connectivity index (χ4v) is 6.14. The number of carbonyl (C=O) groups excluding carboxylic acids is 2. The molecule has 3 aromatic rings. The number of aromatic nitrogens is 1. The van der Waals surface area contributed by atoms with Crippen LogP contribution in [0, 0.1) is 0 Å². The SMILES string of the molecule is CCCC1(C(=O)NCC(F)(F)F)c2ccccc2-c2ccccc21.CCCN1CCC(NC(=O)c2ccc[nH]c2=O)CC1. The number of nitrogens with zero attached hydrogens (tertiary/aromatic N) is 1. The molecule has 0 radical (unpaired) electrons. The zero-order valence-electron chi connectivity index (χ0n) is 24.6. The number of nitrogens with one attached hydrogen (secondary N) is 3. The lowest BCUT2D eigenvalue weighted by atomic mass is 9.74. The summed E-state index contributed by atoms with van der Waals surface area (Å²) in [6.45, 7) is 5.95. The monoisotopic (exact) mass is 596 g/mol. The van der Waals surface area contributed by atoms with Gasteiger partial charge in [0.2, 0.25) is 5.91 Å². The Morgan fingerprint density at radius 3 is 2.07 bits per heavy atom. The number of rotatable bonds is 8. The van der Waals surface area contributed by atoms with E-state index in [4.69, 9.17) is 0 Å². The Hall–Kier alpha value is -3.92. The van der Waals surface area contributed by atoms with Crippen LogP contribution in [0.2, 0.25) is 0 Å². The largest absolute Gasteiger partial charge is 0.405 e. The number of fused-ring (bicyclic) bond motifs is 3. The first-order chi connectivity index (χ1) is 20.6. The molecule has 230 valence electrons. The molecule has 1 fully saturated rings. The van der Waals surface area contributed by atoms with Gasteiger partial charge in [0, 0.05) is 25.3 Å². The van der Waals surface area contributed by atoms with Crippen LogP contribution in [0.4, 0.5) is 13.2 Å². The Bertz CT molecular complexity index is 1420. The van der Waals surface area contributed by atoms with E-state index in [0.29, 0.717) is 12.8 Å².